The van der Waals surface area contributed by atoms with E-state index in [-0.39, 0.29) is 16.7 Å². The molecule has 0 aromatic carbocycles. The molecular weight excluding hydrogens is 314 g/mol. The van der Waals surface area contributed by atoms with Crippen molar-refractivity contribution in [2.45, 2.75) is 25.8 Å². The van der Waals surface area contributed by atoms with Gasteiger partial charge in [-0.25, -0.2) is 0 Å². The summed E-state index contributed by atoms with van der Waals surface area (Å²) in [5.74, 6) is -1.03. The highest BCUT2D eigenvalue weighted by atomic mass is 35.5. The molecule has 3 amide bonds. The van der Waals surface area contributed by atoms with Crippen molar-refractivity contribution in [3.63, 3.8) is 0 Å². The first-order valence-electron chi connectivity index (χ1n) is 6.23. The fraction of sp³-hybridized carbons (Fsp3) is 0.308. The van der Waals surface area contributed by atoms with Crippen LogP contribution in [0.1, 0.15) is 29.4 Å². The molecule has 0 spiro atoms. The summed E-state index contributed by atoms with van der Waals surface area (Å²) in [5.41, 5.74) is 0.985. The lowest BCUT2D eigenvalue weighted by atomic mass is 10.0. The smallest absolute Gasteiger partial charge is 0.264 e. The van der Waals surface area contributed by atoms with E-state index in [1.54, 1.807) is 0 Å². The van der Waals surface area contributed by atoms with Gasteiger partial charge in [0.2, 0.25) is 11.8 Å². The van der Waals surface area contributed by atoms with Crippen LogP contribution in [0.4, 0.5) is 5.69 Å². The van der Waals surface area contributed by atoms with E-state index >= 15 is 0 Å². The number of amides is 3. The van der Waals surface area contributed by atoms with Crippen LogP contribution in [0.25, 0.3) is 0 Å². The van der Waals surface area contributed by atoms with Crippen LogP contribution in [-0.2, 0) is 9.59 Å². The average Bonchev–Trinajstić information content (AvgIpc) is 2.73. The predicted molar refractivity (Wildman–Crippen MR) is 81.4 cm³/mol. The monoisotopic (exact) mass is 327 g/mol. The second-order valence-corrected chi connectivity index (χ2v) is 6.32. The molecule has 1 aliphatic rings. The summed E-state index contributed by atoms with van der Waals surface area (Å²) in [6.07, 6.45) is 1.10. The van der Waals surface area contributed by atoms with Crippen LogP contribution in [-0.4, -0.2) is 23.8 Å². The zero-order valence-electron chi connectivity index (χ0n) is 11.3. The van der Waals surface area contributed by atoms with E-state index in [0.29, 0.717) is 28.6 Å². The number of allylic oxidation sites excluding steroid dienone is 1. The summed E-state index contributed by atoms with van der Waals surface area (Å²) in [6, 6.07) is 0.889. The SMILES string of the molecule is C=C1CCC(NC(=O)c2sc(Cl)cc2NC(C)=O)C(=O)N1. The predicted octanol–water partition coefficient (Wildman–Crippen LogP) is 1.88. The van der Waals surface area contributed by atoms with Crippen molar-refractivity contribution in [3.05, 3.63) is 27.6 Å². The Morgan fingerprint density at radius 2 is 2.24 bits per heavy atom. The van der Waals surface area contributed by atoms with E-state index in [4.69, 9.17) is 11.6 Å². The number of piperidine rings is 1. The molecule has 1 aliphatic heterocycles. The van der Waals surface area contributed by atoms with E-state index in [0.717, 1.165) is 11.3 Å². The number of carbonyl (C=O) groups excluding carboxylic acids is 3. The molecule has 8 heteroatoms. The van der Waals surface area contributed by atoms with Crippen molar-refractivity contribution in [2.75, 3.05) is 5.32 Å². The summed E-state index contributed by atoms with van der Waals surface area (Å²) in [6.45, 7) is 5.02. The molecule has 0 aliphatic carbocycles. The van der Waals surface area contributed by atoms with Gasteiger partial charge >= 0.3 is 0 Å². The number of nitrogens with one attached hydrogen (secondary N) is 3. The second-order valence-electron chi connectivity index (χ2n) is 4.63. The van der Waals surface area contributed by atoms with Crippen molar-refractivity contribution in [2.24, 2.45) is 0 Å². The Hall–Kier alpha value is -1.86. The Kier molecular flexibility index (Phi) is 4.64. The fourth-order valence-electron chi connectivity index (χ4n) is 1.95. The van der Waals surface area contributed by atoms with Gasteiger partial charge in [-0.3, -0.25) is 14.4 Å². The molecule has 1 aromatic rings. The van der Waals surface area contributed by atoms with Crippen molar-refractivity contribution < 1.29 is 14.4 Å². The topological polar surface area (TPSA) is 87.3 Å². The molecule has 6 nitrogen and oxygen atoms in total. The number of hydrogen-bond donors (Lipinski definition) is 3. The first-order chi connectivity index (χ1) is 9.86. The van der Waals surface area contributed by atoms with Gasteiger partial charge in [-0.1, -0.05) is 18.2 Å². The first-order valence-corrected chi connectivity index (χ1v) is 7.42. The van der Waals surface area contributed by atoms with Gasteiger partial charge < -0.3 is 16.0 Å². The van der Waals surface area contributed by atoms with Crippen molar-refractivity contribution in [1.29, 1.82) is 0 Å². The van der Waals surface area contributed by atoms with E-state index in [1.807, 2.05) is 0 Å². The normalized spacial score (nSPS) is 18.1. The Morgan fingerprint density at radius 3 is 2.86 bits per heavy atom. The maximum Gasteiger partial charge on any atom is 0.264 e. The third-order valence-electron chi connectivity index (χ3n) is 2.88. The van der Waals surface area contributed by atoms with Crippen LogP contribution >= 0.6 is 22.9 Å². The number of hydrogen-bond acceptors (Lipinski definition) is 4. The molecule has 1 unspecified atom stereocenters. The molecule has 2 heterocycles. The van der Waals surface area contributed by atoms with Crippen LogP contribution in [0.3, 0.4) is 0 Å². The minimum absolute atomic E-state index is 0.271. The van der Waals surface area contributed by atoms with Crippen molar-refractivity contribution in [3.8, 4) is 0 Å². The number of halogens is 1. The van der Waals surface area contributed by atoms with Gasteiger partial charge in [0.05, 0.1) is 10.0 Å². The van der Waals surface area contributed by atoms with Crippen LogP contribution in [0.5, 0.6) is 0 Å². The minimum atomic E-state index is -0.617. The van der Waals surface area contributed by atoms with Gasteiger partial charge in [0.25, 0.3) is 5.91 Å². The highest BCUT2D eigenvalue weighted by molar-refractivity contribution is 7.18. The minimum Gasteiger partial charge on any atom is -0.339 e. The largest absolute Gasteiger partial charge is 0.339 e. The van der Waals surface area contributed by atoms with Crippen LogP contribution in [0, 0.1) is 0 Å². The number of carbonyl (C=O) groups is 3. The quantitative estimate of drug-likeness (QED) is 0.792. The van der Waals surface area contributed by atoms with Gasteiger partial charge in [0.15, 0.2) is 0 Å². The molecule has 3 N–H and O–H groups in total. The van der Waals surface area contributed by atoms with Crippen molar-refractivity contribution >= 4 is 46.3 Å². The zero-order valence-corrected chi connectivity index (χ0v) is 12.9. The molecule has 112 valence electrons. The van der Waals surface area contributed by atoms with Crippen molar-refractivity contribution in [1.82, 2.24) is 10.6 Å². The standard InChI is InChI=1S/C13H14ClN3O3S/c1-6-3-4-8(12(19)15-6)17-13(20)11-9(16-7(2)18)5-10(14)21-11/h5,8H,1,3-4H2,2H3,(H,15,19)(H,16,18)(H,17,20). The molecule has 1 saturated heterocycles. The van der Waals surface area contributed by atoms with E-state index in [1.165, 1.54) is 13.0 Å². The Morgan fingerprint density at radius 1 is 1.52 bits per heavy atom. The highest BCUT2D eigenvalue weighted by Gasteiger charge is 2.27. The third kappa shape index (κ3) is 3.83. The van der Waals surface area contributed by atoms with Gasteiger partial charge in [-0.2, -0.15) is 0 Å². The summed E-state index contributed by atoms with van der Waals surface area (Å²) in [7, 11) is 0. The Bertz CT molecular complexity index is 626. The van der Waals surface area contributed by atoms with Crippen LogP contribution in [0.2, 0.25) is 4.34 Å². The van der Waals surface area contributed by atoms with Gasteiger partial charge in [-0.15, -0.1) is 11.3 Å². The third-order valence-corrected chi connectivity index (χ3v) is 4.14. The Balaban J connectivity index is 2.11. The molecule has 0 radical (unpaired) electrons. The molecule has 21 heavy (non-hydrogen) atoms. The maximum atomic E-state index is 12.2. The molecule has 0 saturated carbocycles. The molecular formula is C13H14ClN3O3S. The molecule has 2 rings (SSSR count). The lowest BCUT2D eigenvalue weighted by Gasteiger charge is -2.24. The van der Waals surface area contributed by atoms with Gasteiger partial charge in [-0.05, 0) is 18.9 Å². The lowest BCUT2D eigenvalue weighted by Crippen LogP contribution is -2.49. The van der Waals surface area contributed by atoms with Crippen LogP contribution in [0.15, 0.2) is 18.3 Å². The first kappa shape index (κ1) is 15.5. The second kappa shape index (κ2) is 6.28. The summed E-state index contributed by atoms with van der Waals surface area (Å²) in [4.78, 5) is 35.4. The average molecular weight is 328 g/mol. The summed E-state index contributed by atoms with van der Waals surface area (Å²) in [5, 5.41) is 7.78. The van der Waals surface area contributed by atoms with Gasteiger partial charge in [0.1, 0.15) is 10.9 Å². The molecule has 1 atom stereocenters. The zero-order chi connectivity index (χ0) is 15.6. The number of thiophene rings is 1. The summed E-state index contributed by atoms with van der Waals surface area (Å²) < 4.78 is 0.380. The maximum absolute atomic E-state index is 12.2. The van der Waals surface area contributed by atoms with E-state index in [2.05, 4.69) is 22.5 Å². The van der Waals surface area contributed by atoms with Crippen LogP contribution < -0.4 is 16.0 Å². The van der Waals surface area contributed by atoms with E-state index in [9.17, 15) is 14.4 Å². The summed E-state index contributed by atoms with van der Waals surface area (Å²) >= 11 is 6.92. The van der Waals surface area contributed by atoms with E-state index < -0.39 is 11.9 Å². The molecule has 1 aromatic heterocycles. The highest BCUT2D eigenvalue weighted by Crippen LogP contribution is 2.31. The molecule has 0 bridgehead atoms. The Labute approximate surface area is 130 Å². The number of anilines is 1. The van der Waals surface area contributed by atoms with Gasteiger partial charge in [0, 0.05) is 12.6 Å². The lowest BCUT2D eigenvalue weighted by molar-refractivity contribution is -0.123. The fourth-order valence-corrected chi connectivity index (χ4v) is 3.03. The molecule has 1 fully saturated rings. The number of rotatable bonds is 3.